The number of esters is 2. The van der Waals surface area contributed by atoms with Crippen molar-refractivity contribution < 1.29 is 23.9 Å². The molecule has 0 N–H and O–H groups in total. The summed E-state index contributed by atoms with van der Waals surface area (Å²) in [5.74, 6) is -2.31. The molecular weight excluding hydrogens is 224 g/mol. The molecule has 0 aliphatic rings. The van der Waals surface area contributed by atoms with E-state index in [2.05, 4.69) is 9.47 Å². The van der Waals surface area contributed by atoms with Crippen LogP contribution in [0.4, 0.5) is 0 Å². The number of carbonyl (C=O) groups is 3. The van der Waals surface area contributed by atoms with Gasteiger partial charge in [0.05, 0.1) is 20.1 Å². The maximum absolute atomic E-state index is 11.4. The summed E-state index contributed by atoms with van der Waals surface area (Å²) in [6, 6.07) is 0. The molecule has 0 aliphatic heterocycles. The van der Waals surface area contributed by atoms with E-state index in [1.54, 1.807) is 0 Å². The quantitative estimate of drug-likeness (QED) is 0.396. The number of ketones is 1. The van der Waals surface area contributed by atoms with Crippen LogP contribution in [0.3, 0.4) is 0 Å². The molecule has 6 heteroatoms. The summed E-state index contributed by atoms with van der Waals surface area (Å²) in [5.41, 5.74) is -1.62. The molecule has 15 heavy (non-hydrogen) atoms. The molecule has 0 aromatic rings. The standard InChI is InChI=1S/C9H13ClO5/c1-9(7(12)14-2,8(13)15-3)4-6(11)5-10/h4-5H2,1-3H3. The number of hydrogen-bond acceptors (Lipinski definition) is 5. The maximum atomic E-state index is 11.4. The van der Waals surface area contributed by atoms with Gasteiger partial charge < -0.3 is 9.47 Å². The van der Waals surface area contributed by atoms with E-state index in [9.17, 15) is 14.4 Å². The Morgan fingerprint density at radius 3 is 1.80 bits per heavy atom. The number of methoxy groups -OCH3 is 2. The van der Waals surface area contributed by atoms with E-state index in [-0.39, 0.29) is 12.3 Å². The van der Waals surface area contributed by atoms with Gasteiger partial charge in [-0.3, -0.25) is 14.4 Å². The van der Waals surface area contributed by atoms with Crippen LogP contribution in [0.5, 0.6) is 0 Å². The summed E-state index contributed by atoms with van der Waals surface area (Å²) in [4.78, 5) is 33.9. The first kappa shape index (κ1) is 13.9. The summed E-state index contributed by atoms with van der Waals surface area (Å²) in [5, 5.41) is 0. The van der Waals surface area contributed by atoms with Crippen molar-refractivity contribution in [2.45, 2.75) is 13.3 Å². The molecular formula is C9H13ClO5. The van der Waals surface area contributed by atoms with Crippen molar-refractivity contribution in [3.05, 3.63) is 0 Å². The van der Waals surface area contributed by atoms with E-state index in [0.29, 0.717) is 0 Å². The van der Waals surface area contributed by atoms with Crippen molar-refractivity contribution in [1.82, 2.24) is 0 Å². The van der Waals surface area contributed by atoms with Gasteiger partial charge in [-0.15, -0.1) is 11.6 Å². The highest BCUT2D eigenvalue weighted by Crippen LogP contribution is 2.25. The van der Waals surface area contributed by atoms with Crippen LogP contribution in [0.15, 0.2) is 0 Å². The zero-order valence-corrected chi connectivity index (χ0v) is 9.59. The predicted octanol–water partition coefficient (Wildman–Crippen LogP) is 0.537. The highest BCUT2D eigenvalue weighted by Gasteiger charge is 2.45. The van der Waals surface area contributed by atoms with Gasteiger partial charge in [0, 0.05) is 6.42 Å². The molecule has 0 radical (unpaired) electrons. The third kappa shape index (κ3) is 3.20. The van der Waals surface area contributed by atoms with Crippen LogP contribution in [0.2, 0.25) is 0 Å². The highest BCUT2D eigenvalue weighted by molar-refractivity contribution is 6.28. The van der Waals surface area contributed by atoms with Gasteiger partial charge in [-0.05, 0) is 6.92 Å². The van der Waals surface area contributed by atoms with Crippen molar-refractivity contribution >= 4 is 29.3 Å². The number of alkyl halides is 1. The second-order valence-corrected chi connectivity index (χ2v) is 3.43. The summed E-state index contributed by atoms with van der Waals surface area (Å²) >= 11 is 5.30. The van der Waals surface area contributed by atoms with Crippen molar-refractivity contribution in [2.24, 2.45) is 5.41 Å². The summed E-state index contributed by atoms with van der Waals surface area (Å²) in [6.07, 6.45) is -0.324. The first-order valence-electron chi connectivity index (χ1n) is 4.17. The number of halogens is 1. The van der Waals surface area contributed by atoms with Crippen molar-refractivity contribution in [3.8, 4) is 0 Å². The zero-order valence-electron chi connectivity index (χ0n) is 8.83. The Labute approximate surface area is 92.7 Å². The fraction of sp³-hybridized carbons (Fsp3) is 0.667. The smallest absolute Gasteiger partial charge is 0.323 e. The Kier molecular flexibility index (Phi) is 5.28. The minimum absolute atomic E-state index is 0.260. The number of carbonyl (C=O) groups excluding carboxylic acids is 3. The topological polar surface area (TPSA) is 69.7 Å². The van der Waals surface area contributed by atoms with E-state index in [1.165, 1.54) is 6.92 Å². The zero-order chi connectivity index (χ0) is 12.1. The summed E-state index contributed by atoms with van der Waals surface area (Å²) in [7, 11) is 2.27. The van der Waals surface area contributed by atoms with Crippen LogP contribution in [-0.4, -0.2) is 37.8 Å². The van der Waals surface area contributed by atoms with Crippen LogP contribution < -0.4 is 0 Å². The molecule has 0 unspecified atom stereocenters. The molecule has 0 amide bonds. The third-order valence-corrected chi connectivity index (χ3v) is 2.27. The Morgan fingerprint density at radius 2 is 1.53 bits per heavy atom. The SMILES string of the molecule is COC(=O)C(C)(CC(=O)CCl)C(=O)OC. The monoisotopic (exact) mass is 236 g/mol. The van der Waals surface area contributed by atoms with Gasteiger partial charge in [0.1, 0.15) is 5.78 Å². The highest BCUT2D eigenvalue weighted by atomic mass is 35.5. The van der Waals surface area contributed by atoms with E-state index in [0.717, 1.165) is 14.2 Å². The molecule has 86 valence electrons. The molecule has 0 aliphatic carbocycles. The number of rotatable bonds is 5. The Morgan fingerprint density at radius 1 is 1.13 bits per heavy atom. The van der Waals surface area contributed by atoms with E-state index in [1.807, 2.05) is 0 Å². The van der Waals surface area contributed by atoms with Gasteiger partial charge in [0.25, 0.3) is 0 Å². The molecule has 0 aromatic carbocycles. The number of hydrogen-bond donors (Lipinski definition) is 0. The Balaban J connectivity index is 4.94. The molecule has 0 saturated heterocycles. The lowest BCUT2D eigenvalue weighted by atomic mass is 9.85. The summed E-state index contributed by atoms with van der Waals surface area (Å²) in [6.45, 7) is 1.29. The second kappa shape index (κ2) is 5.70. The van der Waals surface area contributed by atoms with Crippen molar-refractivity contribution in [1.29, 1.82) is 0 Å². The Hall–Kier alpha value is -1.10. The largest absolute Gasteiger partial charge is 0.468 e. The van der Waals surface area contributed by atoms with Gasteiger partial charge in [-0.1, -0.05) is 0 Å². The fourth-order valence-electron chi connectivity index (χ4n) is 1.12. The molecule has 0 heterocycles. The normalized spacial score (nSPS) is 10.7. The van der Waals surface area contributed by atoms with Crippen LogP contribution in [-0.2, 0) is 23.9 Å². The van der Waals surface area contributed by atoms with Crippen LogP contribution in [0, 0.1) is 5.41 Å². The van der Waals surface area contributed by atoms with Crippen molar-refractivity contribution in [3.63, 3.8) is 0 Å². The third-order valence-electron chi connectivity index (χ3n) is 1.97. The van der Waals surface area contributed by atoms with Gasteiger partial charge in [-0.25, -0.2) is 0 Å². The number of Topliss-reactive ketones (excluding diaryl/α,β-unsaturated/α-hetero) is 1. The van der Waals surface area contributed by atoms with Gasteiger partial charge in [0.15, 0.2) is 5.41 Å². The second-order valence-electron chi connectivity index (χ2n) is 3.16. The lowest BCUT2D eigenvalue weighted by molar-refractivity contribution is -0.169. The van der Waals surface area contributed by atoms with E-state index >= 15 is 0 Å². The average molecular weight is 237 g/mol. The molecule has 0 spiro atoms. The van der Waals surface area contributed by atoms with Gasteiger partial charge >= 0.3 is 11.9 Å². The molecule has 5 nitrogen and oxygen atoms in total. The van der Waals surface area contributed by atoms with Crippen LogP contribution in [0.25, 0.3) is 0 Å². The molecule has 0 aromatic heterocycles. The molecule has 0 saturated carbocycles. The Bertz CT molecular complexity index is 258. The lowest BCUT2D eigenvalue weighted by Crippen LogP contribution is -2.40. The fourth-order valence-corrected chi connectivity index (χ4v) is 1.21. The van der Waals surface area contributed by atoms with E-state index in [4.69, 9.17) is 11.6 Å². The van der Waals surface area contributed by atoms with E-state index < -0.39 is 23.1 Å². The lowest BCUT2D eigenvalue weighted by Gasteiger charge is -2.22. The minimum atomic E-state index is -1.62. The summed E-state index contributed by atoms with van der Waals surface area (Å²) < 4.78 is 8.90. The first-order valence-corrected chi connectivity index (χ1v) is 4.70. The maximum Gasteiger partial charge on any atom is 0.323 e. The van der Waals surface area contributed by atoms with Crippen LogP contribution >= 0.6 is 11.6 Å². The minimum Gasteiger partial charge on any atom is -0.468 e. The molecule has 0 bridgehead atoms. The van der Waals surface area contributed by atoms with Gasteiger partial charge in [0.2, 0.25) is 0 Å². The van der Waals surface area contributed by atoms with Gasteiger partial charge in [-0.2, -0.15) is 0 Å². The average Bonchev–Trinajstić information content (AvgIpc) is 2.25. The predicted molar refractivity (Wildman–Crippen MR) is 52.5 cm³/mol. The molecule has 0 rings (SSSR count). The first-order chi connectivity index (χ1) is 6.92. The molecule has 0 atom stereocenters. The number of ether oxygens (including phenoxy) is 2. The molecule has 0 fully saturated rings. The van der Waals surface area contributed by atoms with Crippen LogP contribution in [0.1, 0.15) is 13.3 Å². The van der Waals surface area contributed by atoms with Crippen molar-refractivity contribution in [2.75, 3.05) is 20.1 Å².